The molecule has 1 atom stereocenters. The van der Waals surface area contributed by atoms with Crippen molar-refractivity contribution in [3.63, 3.8) is 0 Å². The lowest BCUT2D eigenvalue weighted by molar-refractivity contribution is -0.123. The fourth-order valence-electron chi connectivity index (χ4n) is 2.81. The number of halogens is 1. The van der Waals surface area contributed by atoms with Gasteiger partial charge in [0.05, 0.1) is 12.8 Å². The average molecular weight is 428 g/mol. The highest BCUT2D eigenvalue weighted by Crippen LogP contribution is 2.19. The standard InChI is InChI=1S/C22H22ClN3O4/c1-4-19(22(28)24-16-7-9-17(29-3)10-8-16)30-20-11-12-21(27)26(25-20)18-13-15(23)6-5-14(18)2/h5-13,19H,4H2,1-3H3,(H,24,28). The summed E-state index contributed by atoms with van der Waals surface area (Å²) in [7, 11) is 1.58. The molecule has 1 unspecified atom stereocenters. The smallest absolute Gasteiger partial charge is 0.271 e. The highest BCUT2D eigenvalue weighted by Gasteiger charge is 2.20. The Morgan fingerprint density at radius 2 is 1.90 bits per heavy atom. The number of rotatable bonds is 7. The van der Waals surface area contributed by atoms with E-state index in [4.69, 9.17) is 21.1 Å². The molecule has 1 heterocycles. The Hall–Kier alpha value is -3.32. The van der Waals surface area contributed by atoms with Crippen LogP contribution in [0.5, 0.6) is 11.6 Å². The van der Waals surface area contributed by atoms with Gasteiger partial charge in [-0.15, -0.1) is 5.10 Å². The van der Waals surface area contributed by atoms with Gasteiger partial charge in [0.15, 0.2) is 6.10 Å². The molecule has 0 aliphatic heterocycles. The van der Waals surface area contributed by atoms with Crippen LogP contribution in [0.3, 0.4) is 0 Å². The van der Waals surface area contributed by atoms with E-state index >= 15 is 0 Å². The molecule has 3 rings (SSSR count). The third-order valence-corrected chi connectivity index (χ3v) is 4.69. The highest BCUT2D eigenvalue weighted by atomic mass is 35.5. The molecule has 156 valence electrons. The summed E-state index contributed by atoms with van der Waals surface area (Å²) in [5, 5.41) is 7.56. The fraction of sp³-hybridized carbons (Fsp3) is 0.227. The number of benzene rings is 2. The Labute approximate surface area is 179 Å². The first-order valence-electron chi connectivity index (χ1n) is 9.39. The number of ether oxygens (including phenoxy) is 2. The van der Waals surface area contributed by atoms with Crippen LogP contribution in [0.15, 0.2) is 59.4 Å². The Morgan fingerprint density at radius 3 is 2.57 bits per heavy atom. The molecule has 0 saturated carbocycles. The van der Waals surface area contributed by atoms with Crippen molar-refractivity contribution in [2.75, 3.05) is 12.4 Å². The van der Waals surface area contributed by atoms with Crippen molar-refractivity contribution in [2.45, 2.75) is 26.4 Å². The number of carbonyl (C=O) groups excluding carboxylic acids is 1. The van der Waals surface area contributed by atoms with E-state index in [1.54, 1.807) is 49.6 Å². The Bertz CT molecular complexity index is 1100. The summed E-state index contributed by atoms with van der Waals surface area (Å²) < 4.78 is 12.1. The van der Waals surface area contributed by atoms with Gasteiger partial charge in [-0.05, 0) is 55.3 Å². The van der Waals surface area contributed by atoms with Crippen LogP contribution in [0.4, 0.5) is 5.69 Å². The molecule has 1 N–H and O–H groups in total. The van der Waals surface area contributed by atoms with Crippen LogP contribution in [0.2, 0.25) is 5.02 Å². The van der Waals surface area contributed by atoms with E-state index in [1.165, 1.54) is 16.8 Å². The van der Waals surface area contributed by atoms with Gasteiger partial charge in [-0.2, -0.15) is 4.68 Å². The minimum atomic E-state index is -0.786. The molecule has 1 amide bonds. The summed E-state index contributed by atoms with van der Waals surface area (Å²) in [5.41, 5.74) is 1.67. The first-order chi connectivity index (χ1) is 14.4. The highest BCUT2D eigenvalue weighted by molar-refractivity contribution is 6.30. The van der Waals surface area contributed by atoms with Crippen LogP contribution in [-0.2, 0) is 4.79 Å². The van der Waals surface area contributed by atoms with E-state index in [0.29, 0.717) is 28.6 Å². The molecule has 1 aromatic heterocycles. The van der Waals surface area contributed by atoms with Gasteiger partial charge in [0.1, 0.15) is 5.75 Å². The maximum absolute atomic E-state index is 12.6. The van der Waals surface area contributed by atoms with Crippen LogP contribution in [0.1, 0.15) is 18.9 Å². The normalized spacial score (nSPS) is 11.6. The monoisotopic (exact) mass is 427 g/mol. The lowest BCUT2D eigenvalue weighted by atomic mass is 10.2. The molecular weight excluding hydrogens is 406 g/mol. The molecule has 0 spiro atoms. The SMILES string of the molecule is CCC(Oc1ccc(=O)n(-c2cc(Cl)ccc2C)n1)C(=O)Nc1ccc(OC)cc1. The second-order valence-electron chi connectivity index (χ2n) is 6.58. The Morgan fingerprint density at radius 1 is 1.17 bits per heavy atom. The van der Waals surface area contributed by atoms with E-state index in [1.807, 2.05) is 13.8 Å². The number of nitrogens with one attached hydrogen (secondary N) is 1. The summed E-state index contributed by atoms with van der Waals surface area (Å²) >= 11 is 6.07. The van der Waals surface area contributed by atoms with Crippen molar-refractivity contribution >= 4 is 23.2 Å². The van der Waals surface area contributed by atoms with Crippen LogP contribution < -0.4 is 20.3 Å². The van der Waals surface area contributed by atoms with E-state index in [0.717, 1.165) is 5.56 Å². The molecule has 0 saturated heterocycles. The number of anilines is 1. The number of nitrogens with zero attached hydrogens (tertiary/aromatic N) is 2. The lowest BCUT2D eigenvalue weighted by Crippen LogP contribution is -2.33. The maximum Gasteiger partial charge on any atom is 0.271 e. The van der Waals surface area contributed by atoms with Gasteiger partial charge in [-0.25, -0.2) is 0 Å². The van der Waals surface area contributed by atoms with Crippen molar-refractivity contribution in [1.29, 1.82) is 0 Å². The first kappa shape index (κ1) is 21.4. The molecule has 30 heavy (non-hydrogen) atoms. The minimum absolute atomic E-state index is 0.158. The first-order valence-corrected chi connectivity index (χ1v) is 9.77. The number of methoxy groups -OCH3 is 1. The van der Waals surface area contributed by atoms with Gasteiger partial charge >= 0.3 is 0 Å². The minimum Gasteiger partial charge on any atom is -0.497 e. The van der Waals surface area contributed by atoms with Gasteiger partial charge in [0.25, 0.3) is 11.5 Å². The largest absolute Gasteiger partial charge is 0.497 e. The zero-order valence-electron chi connectivity index (χ0n) is 16.9. The predicted octanol–water partition coefficient (Wildman–Crippen LogP) is 4.00. The second kappa shape index (κ2) is 9.45. The molecule has 0 aliphatic carbocycles. The van der Waals surface area contributed by atoms with E-state index < -0.39 is 6.10 Å². The van der Waals surface area contributed by atoms with Crippen molar-refractivity contribution in [3.05, 3.63) is 75.5 Å². The summed E-state index contributed by atoms with van der Waals surface area (Å²) in [6.07, 6.45) is -0.370. The topological polar surface area (TPSA) is 82.5 Å². The summed E-state index contributed by atoms with van der Waals surface area (Å²) in [6.45, 7) is 3.68. The zero-order chi connectivity index (χ0) is 21.7. The van der Waals surface area contributed by atoms with E-state index in [-0.39, 0.29) is 17.3 Å². The third-order valence-electron chi connectivity index (χ3n) is 4.46. The molecule has 0 aliphatic rings. The van der Waals surface area contributed by atoms with Gasteiger partial charge in [0, 0.05) is 22.8 Å². The van der Waals surface area contributed by atoms with Gasteiger partial charge < -0.3 is 14.8 Å². The molecular formula is C22H22ClN3O4. The summed E-state index contributed by atoms with van der Waals surface area (Å²) in [5.74, 6) is 0.533. The van der Waals surface area contributed by atoms with Gasteiger partial charge in [0.2, 0.25) is 5.88 Å². The Balaban J connectivity index is 1.80. The number of hydrogen-bond donors (Lipinski definition) is 1. The van der Waals surface area contributed by atoms with Gasteiger partial charge in [-0.1, -0.05) is 24.6 Å². The van der Waals surface area contributed by atoms with Crippen molar-refractivity contribution in [3.8, 4) is 17.3 Å². The molecule has 0 radical (unpaired) electrons. The molecule has 0 fully saturated rings. The van der Waals surface area contributed by atoms with E-state index in [2.05, 4.69) is 10.4 Å². The molecule has 2 aromatic carbocycles. The Kier molecular flexibility index (Phi) is 6.74. The average Bonchev–Trinajstić information content (AvgIpc) is 2.75. The van der Waals surface area contributed by atoms with Gasteiger partial charge in [-0.3, -0.25) is 9.59 Å². The van der Waals surface area contributed by atoms with Crippen molar-refractivity contribution in [2.24, 2.45) is 0 Å². The van der Waals surface area contributed by atoms with Crippen LogP contribution >= 0.6 is 11.6 Å². The summed E-state index contributed by atoms with van der Waals surface area (Å²) in [4.78, 5) is 25.0. The third kappa shape index (κ3) is 4.99. The number of aryl methyl sites for hydroxylation is 1. The van der Waals surface area contributed by atoms with Crippen LogP contribution in [0, 0.1) is 6.92 Å². The molecule has 3 aromatic rings. The van der Waals surface area contributed by atoms with Crippen LogP contribution in [-0.4, -0.2) is 28.9 Å². The number of amides is 1. The molecule has 7 nitrogen and oxygen atoms in total. The van der Waals surface area contributed by atoms with Crippen molar-refractivity contribution in [1.82, 2.24) is 9.78 Å². The second-order valence-corrected chi connectivity index (χ2v) is 7.02. The lowest BCUT2D eigenvalue weighted by Gasteiger charge is -2.17. The van der Waals surface area contributed by atoms with Crippen LogP contribution in [0.25, 0.3) is 5.69 Å². The van der Waals surface area contributed by atoms with E-state index in [9.17, 15) is 9.59 Å². The predicted molar refractivity (Wildman–Crippen MR) is 116 cm³/mol. The number of aromatic nitrogens is 2. The fourth-order valence-corrected chi connectivity index (χ4v) is 2.97. The maximum atomic E-state index is 12.6. The summed E-state index contributed by atoms with van der Waals surface area (Å²) in [6, 6.07) is 15.0. The molecule has 8 heteroatoms. The quantitative estimate of drug-likeness (QED) is 0.616. The number of hydrogen-bond acceptors (Lipinski definition) is 5. The number of carbonyl (C=O) groups is 1. The van der Waals surface area contributed by atoms with Crippen molar-refractivity contribution < 1.29 is 14.3 Å². The zero-order valence-corrected chi connectivity index (χ0v) is 17.6. The molecule has 0 bridgehead atoms.